The van der Waals surface area contributed by atoms with Gasteiger partial charge in [-0.1, -0.05) is 31.6 Å². The zero-order valence-electron chi connectivity index (χ0n) is 15.4. The molecular weight excluding hydrogens is 352 g/mol. The van der Waals surface area contributed by atoms with Gasteiger partial charge in [0.1, 0.15) is 5.01 Å². The summed E-state index contributed by atoms with van der Waals surface area (Å²) < 4.78 is 0. The maximum atomic E-state index is 12.7. The molecule has 3 rings (SSSR count). The fraction of sp³-hybridized carbons (Fsp3) is 0.588. The summed E-state index contributed by atoms with van der Waals surface area (Å²) in [6, 6.07) is 1.99. The van der Waals surface area contributed by atoms with E-state index in [1.54, 1.807) is 16.8 Å². The van der Waals surface area contributed by atoms with Crippen molar-refractivity contribution in [3.63, 3.8) is 0 Å². The Balaban J connectivity index is 1.61. The van der Waals surface area contributed by atoms with Crippen LogP contribution >= 0.6 is 11.3 Å². The third kappa shape index (κ3) is 3.92. The summed E-state index contributed by atoms with van der Waals surface area (Å²) in [4.78, 5) is 28.3. The third-order valence-corrected chi connectivity index (χ3v) is 5.53. The van der Waals surface area contributed by atoms with Crippen LogP contribution in [0.1, 0.15) is 43.1 Å². The number of hydrogen-bond donors (Lipinski definition) is 1. The van der Waals surface area contributed by atoms with Crippen molar-refractivity contribution in [3.8, 4) is 0 Å². The Morgan fingerprint density at radius 2 is 2.23 bits per heavy atom. The first-order valence-electron chi connectivity index (χ1n) is 8.92. The molecule has 9 heteroatoms. The number of aromatic nitrogens is 4. The summed E-state index contributed by atoms with van der Waals surface area (Å²) in [5.74, 6) is -0.449. The van der Waals surface area contributed by atoms with Gasteiger partial charge in [-0.25, -0.2) is 0 Å². The summed E-state index contributed by atoms with van der Waals surface area (Å²) in [5.41, 5.74) is 1.91. The molecule has 3 heterocycles. The average Bonchev–Trinajstić information content (AvgIpc) is 3.34. The van der Waals surface area contributed by atoms with Gasteiger partial charge in [-0.2, -0.15) is 5.10 Å². The molecule has 140 valence electrons. The van der Waals surface area contributed by atoms with Crippen LogP contribution in [0.3, 0.4) is 0 Å². The number of carbonyl (C=O) groups excluding carboxylic acids is 2. The minimum atomic E-state index is -0.348. The number of nitrogens with one attached hydrogen (secondary N) is 1. The molecule has 2 amide bonds. The normalized spacial score (nSPS) is 17.1. The minimum absolute atomic E-state index is 0.0345. The Morgan fingerprint density at radius 3 is 2.92 bits per heavy atom. The Kier molecular flexibility index (Phi) is 5.65. The quantitative estimate of drug-likeness (QED) is 0.795. The van der Waals surface area contributed by atoms with Crippen LogP contribution in [0.4, 0.5) is 5.13 Å². The molecule has 1 fully saturated rings. The molecule has 0 aromatic carbocycles. The Morgan fingerprint density at radius 1 is 1.42 bits per heavy atom. The second-order valence-electron chi connectivity index (χ2n) is 6.57. The van der Waals surface area contributed by atoms with Gasteiger partial charge < -0.3 is 4.90 Å². The summed E-state index contributed by atoms with van der Waals surface area (Å²) in [7, 11) is 1.76. The van der Waals surface area contributed by atoms with Crippen LogP contribution in [-0.4, -0.2) is 50.7 Å². The van der Waals surface area contributed by atoms with E-state index in [2.05, 4.69) is 27.3 Å². The van der Waals surface area contributed by atoms with Gasteiger partial charge in [-0.3, -0.25) is 19.6 Å². The van der Waals surface area contributed by atoms with Crippen molar-refractivity contribution in [3.05, 3.63) is 22.5 Å². The molecule has 0 spiro atoms. The maximum Gasteiger partial charge on any atom is 0.229 e. The van der Waals surface area contributed by atoms with Crippen LogP contribution < -0.4 is 4.90 Å². The fourth-order valence-corrected chi connectivity index (χ4v) is 3.88. The van der Waals surface area contributed by atoms with Crippen molar-refractivity contribution in [2.24, 2.45) is 5.92 Å². The van der Waals surface area contributed by atoms with Gasteiger partial charge in [-0.15, -0.1) is 10.2 Å². The summed E-state index contributed by atoms with van der Waals surface area (Å²) in [6.45, 7) is 4.93. The van der Waals surface area contributed by atoms with E-state index in [1.165, 1.54) is 11.3 Å². The highest BCUT2D eigenvalue weighted by molar-refractivity contribution is 7.15. The van der Waals surface area contributed by atoms with E-state index < -0.39 is 0 Å². The lowest BCUT2D eigenvalue weighted by Gasteiger charge is -2.20. The minimum Gasteiger partial charge on any atom is -0.340 e. The number of H-pyrrole nitrogens is 1. The monoisotopic (exact) mass is 376 g/mol. The molecule has 1 aliphatic rings. The highest BCUT2D eigenvalue weighted by atomic mass is 32.1. The second kappa shape index (κ2) is 7.94. The Bertz CT molecular complexity index is 786. The van der Waals surface area contributed by atoms with Crippen LogP contribution in [-0.2, 0) is 29.0 Å². The first kappa shape index (κ1) is 18.5. The molecule has 1 N–H and O–H groups in total. The van der Waals surface area contributed by atoms with E-state index in [-0.39, 0.29) is 24.2 Å². The van der Waals surface area contributed by atoms with E-state index in [4.69, 9.17) is 0 Å². The number of hydrogen-bond acceptors (Lipinski definition) is 6. The van der Waals surface area contributed by atoms with Crippen molar-refractivity contribution < 1.29 is 9.59 Å². The standard InChI is InChI=1S/C17H24N6O2S/c1-4-6-12-8-13(19-18-12)10-22(3)16(25)11-7-15(24)23(9-11)17-21-20-14(5-2)26-17/h8,11H,4-7,9-10H2,1-3H3,(H,18,19). The van der Waals surface area contributed by atoms with E-state index >= 15 is 0 Å². The van der Waals surface area contributed by atoms with Crippen molar-refractivity contribution in [1.29, 1.82) is 0 Å². The van der Waals surface area contributed by atoms with Gasteiger partial charge >= 0.3 is 0 Å². The van der Waals surface area contributed by atoms with Crippen LogP contribution in [0.2, 0.25) is 0 Å². The number of rotatable bonds is 7. The molecule has 8 nitrogen and oxygen atoms in total. The van der Waals surface area contributed by atoms with Gasteiger partial charge in [0.25, 0.3) is 0 Å². The molecule has 26 heavy (non-hydrogen) atoms. The molecular formula is C17H24N6O2S. The van der Waals surface area contributed by atoms with Crippen molar-refractivity contribution in [1.82, 2.24) is 25.3 Å². The summed E-state index contributed by atoms with van der Waals surface area (Å²) in [6.07, 6.45) is 2.95. The molecule has 0 bridgehead atoms. The lowest BCUT2D eigenvalue weighted by molar-refractivity contribution is -0.135. The smallest absolute Gasteiger partial charge is 0.229 e. The molecule has 2 aromatic rings. The molecule has 0 saturated carbocycles. The lowest BCUT2D eigenvalue weighted by Crippen LogP contribution is -2.34. The van der Waals surface area contributed by atoms with E-state index in [1.807, 2.05) is 13.0 Å². The lowest BCUT2D eigenvalue weighted by atomic mass is 10.1. The van der Waals surface area contributed by atoms with Gasteiger partial charge in [0, 0.05) is 20.0 Å². The topological polar surface area (TPSA) is 95.1 Å². The molecule has 0 aliphatic carbocycles. The third-order valence-electron chi connectivity index (χ3n) is 4.44. The van der Waals surface area contributed by atoms with Crippen LogP contribution in [0.15, 0.2) is 6.07 Å². The number of anilines is 1. The number of amides is 2. The molecule has 0 radical (unpaired) electrons. The molecule has 1 saturated heterocycles. The Hall–Kier alpha value is -2.29. The van der Waals surface area contributed by atoms with Gasteiger partial charge in [-0.05, 0) is 18.9 Å². The fourth-order valence-electron chi connectivity index (χ4n) is 3.07. The van der Waals surface area contributed by atoms with E-state index in [0.717, 1.165) is 35.7 Å². The molecule has 1 atom stereocenters. The average molecular weight is 376 g/mol. The first-order valence-corrected chi connectivity index (χ1v) is 9.74. The summed E-state index contributed by atoms with van der Waals surface area (Å²) in [5, 5.41) is 16.9. The molecule has 1 unspecified atom stereocenters. The highest BCUT2D eigenvalue weighted by Gasteiger charge is 2.38. The summed E-state index contributed by atoms with van der Waals surface area (Å²) >= 11 is 1.41. The highest BCUT2D eigenvalue weighted by Crippen LogP contribution is 2.29. The predicted octanol–water partition coefficient (Wildman–Crippen LogP) is 1.79. The number of nitrogens with zero attached hydrogens (tertiary/aromatic N) is 5. The van der Waals surface area contributed by atoms with Gasteiger partial charge in [0.05, 0.1) is 23.9 Å². The van der Waals surface area contributed by atoms with E-state index in [9.17, 15) is 9.59 Å². The number of aromatic amines is 1. The van der Waals surface area contributed by atoms with Crippen LogP contribution in [0.25, 0.3) is 0 Å². The largest absolute Gasteiger partial charge is 0.340 e. The number of aryl methyl sites for hydroxylation is 2. The van der Waals surface area contributed by atoms with Crippen LogP contribution in [0.5, 0.6) is 0 Å². The number of carbonyl (C=O) groups is 2. The Labute approximate surface area is 156 Å². The van der Waals surface area contributed by atoms with Gasteiger partial charge in [0.15, 0.2) is 0 Å². The SMILES string of the molecule is CCCc1cc(CN(C)C(=O)C2CC(=O)N(c3nnc(CC)s3)C2)[nH]n1. The second-order valence-corrected chi connectivity index (χ2v) is 7.61. The zero-order chi connectivity index (χ0) is 18.7. The first-order chi connectivity index (χ1) is 12.5. The maximum absolute atomic E-state index is 12.7. The van der Waals surface area contributed by atoms with Gasteiger partial charge in [0.2, 0.25) is 16.9 Å². The van der Waals surface area contributed by atoms with Crippen LogP contribution in [0, 0.1) is 5.92 Å². The van der Waals surface area contributed by atoms with E-state index in [0.29, 0.717) is 18.2 Å². The van der Waals surface area contributed by atoms with Crippen molar-refractivity contribution in [2.75, 3.05) is 18.5 Å². The zero-order valence-corrected chi connectivity index (χ0v) is 16.2. The molecule has 1 aliphatic heterocycles. The predicted molar refractivity (Wildman–Crippen MR) is 98.8 cm³/mol. The van der Waals surface area contributed by atoms with Crippen molar-refractivity contribution in [2.45, 2.75) is 46.1 Å². The van der Waals surface area contributed by atoms with Crippen molar-refractivity contribution >= 4 is 28.3 Å². The molecule has 2 aromatic heterocycles.